The Labute approximate surface area is 156 Å². The molecule has 5 nitrogen and oxygen atoms in total. The van der Waals surface area contributed by atoms with Crippen molar-refractivity contribution in [2.75, 3.05) is 32.9 Å². The third kappa shape index (κ3) is 7.63. The first-order chi connectivity index (χ1) is 12.2. The Bertz CT molecular complexity index is 533. The molecule has 25 heavy (non-hydrogen) atoms. The predicted octanol–water partition coefficient (Wildman–Crippen LogP) is 3.54. The number of rotatable bonds is 8. The zero-order valence-electron chi connectivity index (χ0n) is 15.3. The number of ether oxygens (including phenoxy) is 2. The van der Waals surface area contributed by atoms with Crippen LogP contribution in [-0.2, 0) is 9.47 Å². The third-order valence-electron chi connectivity index (χ3n) is 4.14. The van der Waals surface area contributed by atoms with E-state index < -0.39 is 0 Å². The number of benzene rings is 1. The molecule has 0 spiro atoms. The van der Waals surface area contributed by atoms with E-state index >= 15 is 0 Å². The Morgan fingerprint density at radius 2 is 2.20 bits per heavy atom. The second kappa shape index (κ2) is 11.3. The molecule has 1 aromatic rings. The molecule has 140 valence electrons. The fourth-order valence-electron chi connectivity index (χ4n) is 2.73. The maximum atomic E-state index is 6.07. The summed E-state index contributed by atoms with van der Waals surface area (Å²) in [6.07, 6.45) is 3.28. The molecule has 0 saturated carbocycles. The highest BCUT2D eigenvalue weighted by Gasteiger charge is 2.13. The zero-order chi connectivity index (χ0) is 17.9. The lowest BCUT2D eigenvalue weighted by molar-refractivity contribution is -0.0318. The lowest BCUT2D eigenvalue weighted by Gasteiger charge is -2.22. The van der Waals surface area contributed by atoms with Crippen LogP contribution < -0.4 is 10.6 Å². The van der Waals surface area contributed by atoms with Gasteiger partial charge in [0, 0.05) is 37.9 Å². The number of hydrogen-bond donors (Lipinski definition) is 2. The van der Waals surface area contributed by atoms with Crippen molar-refractivity contribution in [3.8, 4) is 0 Å². The standard InChI is InChI=1S/C19H30ClN3O2/c1-3-21-19(23-15(2)16-6-4-7-17(20)14-16)22-10-5-11-25-18-8-12-24-13-9-18/h4,6-7,14-15,18H,3,5,8-13H2,1-2H3,(H2,21,22,23). The van der Waals surface area contributed by atoms with Gasteiger partial charge in [-0.2, -0.15) is 0 Å². The lowest BCUT2D eigenvalue weighted by atomic mass is 10.1. The van der Waals surface area contributed by atoms with Crippen molar-refractivity contribution in [2.24, 2.45) is 4.99 Å². The maximum absolute atomic E-state index is 6.07. The van der Waals surface area contributed by atoms with E-state index in [4.69, 9.17) is 21.1 Å². The van der Waals surface area contributed by atoms with E-state index in [0.29, 0.717) is 6.10 Å². The van der Waals surface area contributed by atoms with E-state index in [1.54, 1.807) is 0 Å². The van der Waals surface area contributed by atoms with Crippen LogP contribution in [0.25, 0.3) is 0 Å². The summed E-state index contributed by atoms with van der Waals surface area (Å²) in [4.78, 5) is 4.64. The number of halogens is 1. The zero-order valence-corrected chi connectivity index (χ0v) is 16.0. The third-order valence-corrected chi connectivity index (χ3v) is 4.38. The molecule has 1 saturated heterocycles. The van der Waals surface area contributed by atoms with Crippen LogP contribution in [0.2, 0.25) is 5.02 Å². The summed E-state index contributed by atoms with van der Waals surface area (Å²) in [6, 6.07) is 8.03. The van der Waals surface area contributed by atoms with Gasteiger partial charge in [-0.1, -0.05) is 23.7 Å². The van der Waals surface area contributed by atoms with Crippen LogP contribution in [0.3, 0.4) is 0 Å². The average molecular weight is 368 g/mol. The molecule has 1 atom stereocenters. The molecule has 1 fully saturated rings. The van der Waals surface area contributed by atoms with E-state index in [9.17, 15) is 0 Å². The first kappa shape index (κ1) is 20.0. The van der Waals surface area contributed by atoms with Gasteiger partial charge in [0.15, 0.2) is 5.96 Å². The average Bonchev–Trinajstić information content (AvgIpc) is 2.62. The molecule has 0 bridgehead atoms. The quantitative estimate of drug-likeness (QED) is 0.419. The summed E-state index contributed by atoms with van der Waals surface area (Å²) in [5.41, 5.74) is 1.14. The van der Waals surface area contributed by atoms with Crippen LogP contribution in [0.15, 0.2) is 29.3 Å². The molecule has 1 unspecified atom stereocenters. The molecule has 0 aromatic heterocycles. The van der Waals surface area contributed by atoms with Crippen molar-refractivity contribution in [2.45, 2.75) is 45.3 Å². The van der Waals surface area contributed by atoms with Gasteiger partial charge in [-0.25, -0.2) is 0 Å². The molecule has 0 aliphatic carbocycles. The minimum atomic E-state index is 0.134. The van der Waals surface area contributed by atoms with Crippen LogP contribution in [0.4, 0.5) is 0 Å². The Hall–Kier alpha value is -1.30. The van der Waals surface area contributed by atoms with E-state index in [1.807, 2.05) is 18.2 Å². The summed E-state index contributed by atoms with van der Waals surface area (Å²) >= 11 is 6.07. The first-order valence-corrected chi connectivity index (χ1v) is 9.56. The molecule has 0 radical (unpaired) electrons. The van der Waals surface area contributed by atoms with Crippen molar-refractivity contribution < 1.29 is 9.47 Å². The smallest absolute Gasteiger partial charge is 0.191 e. The Balaban J connectivity index is 1.75. The summed E-state index contributed by atoms with van der Waals surface area (Å²) in [5.74, 6) is 0.820. The van der Waals surface area contributed by atoms with E-state index in [0.717, 1.165) is 68.7 Å². The Morgan fingerprint density at radius 1 is 1.40 bits per heavy atom. The van der Waals surface area contributed by atoms with Crippen molar-refractivity contribution in [3.63, 3.8) is 0 Å². The number of nitrogens with one attached hydrogen (secondary N) is 2. The summed E-state index contributed by atoms with van der Waals surface area (Å²) < 4.78 is 11.2. The molecule has 6 heteroatoms. The monoisotopic (exact) mass is 367 g/mol. The molecular weight excluding hydrogens is 338 g/mol. The van der Waals surface area contributed by atoms with Crippen LogP contribution in [0.1, 0.15) is 44.7 Å². The van der Waals surface area contributed by atoms with Crippen molar-refractivity contribution in [1.29, 1.82) is 0 Å². The highest BCUT2D eigenvalue weighted by atomic mass is 35.5. The Morgan fingerprint density at radius 3 is 2.92 bits per heavy atom. The molecule has 1 aliphatic heterocycles. The van der Waals surface area contributed by atoms with Gasteiger partial charge in [-0.3, -0.25) is 4.99 Å². The molecule has 1 heterocycles. The molecule has 2 N–H and O–H groups in total. The van der Waals surface area contributed by atoms with E-state index in [1.165, 1.54) is 0 Å². The summed E-state index contributed by atoms with van der Waals surface area (Å²) in [5, 5.41) is 7.46. The fraction of sp³-hybridized carbons (Fsp3) is 0.632. The minimum Gasteiger partial charge on any atom is -0.381 e. The number of guanidine groups is 1. The molecule has 2 rings (SSSR count). The number of aliphatic imine (C=N–C) groups is 1. The van der Waals surface area contributed by atoms with Gasteiger partial charge in [0.2, 0.25) is 0 Å². The molecule has 1 aromatic carbocycles. The predicted molar refractivity (Wildman–Crippen MR) is 103 cm³/mol. The van der Waals surface area contributed by atoms with Crippen LogP contribution in [-0.4, -0.2) is 45.0 Å². The summed E-state index contributed by atoms with van der Waals surface area (Å²) in [6.45, 7) is 8.12. The normalized spacial score (nSPS) is 17.3. The topological polar surface area (TPSA) is 54.9 Å². The van der Waals surface area contributed by atoms with Crippen LogP contribution in [0, 0.1) is 0 Å². The number of hydrogen-bond acceptors (Lipinski definition) is 3. The van der Waals surface area contributed by atoms with Gasteiger partial charge < -0.3 is 20.1 Å². The minimum absolute atomic E-state index is 0.134. The second-order valence-corrected chi connectivity index (χ2v) is 6.65. The SMILES string of the molecule is CCNC(=NCCCOC1CCOCC1)NC(C)c1cccc(Cl)c1. The highest BCUT2D eigenvalue weighted by molar-refractivity contribution is 6.30. The van der Waals surface area contributed by atoms with Crippen molar-refractivity contribution in [1.82, 2.24) is 10.6 Å². The lowest BCUT2D eigenvalue weighted by Crippen LogP contribution is -2.38. The van der Waals surface area contributed by atoms with Crippen molar-refractivity contribution >= 4 is 17.6 Å². The molecular formula is C19H30ClN3O2. The van der Waals surface area contributed by atoms with E-state index in [-0.39, 0.29) is 6.04 Å². The highest BCUT2D eigenvalue weighted by Crippen LogP contribution is 2.17. The van der Waals surface area contributed by atoms with E-state index in [2.05, 4.69) is 35.5 Å². The van der Waals surface area contributed by atoms with Crippen LogP contribution in [0.5, 0.6) is 0 Å². The van der Waals surface area contributed by atoms with Gasteiger partial charge in [-0.05, 0) is 50.8 Å². The number of nitrogens with zero attached hydrogens (tertiary/aromatic N) is 1. The maximum Gasteiger partial charge on any atom is 0.191 e. The Kier molecular flexibility index (Phi) is 9.08. The van der Waals surface area contributed by atoms with Gasteiger partial charge in [0.1, 0.15) is 0 Å². The largest absolute Gasteiger partial charge is 0.381 e. The second-order valence-electron chi connectivity index (χ2n) is 6.22. The van der Waals surface area contributed by atoms with Crippen molar-refractivity contribution in [3.05, 3.63) is 34.9 Å². The van der Waals surface area contributed by atoms with Gasteiger partial charge >= 0.3 is 0 Å². The first-order valence-electron chi connectivity index (χ1n) is 9.18. The summed E-state index contributed by atoms with van der Waals surface area (Å²) in [7, 11) is 0. The van der Waals surface area contributed by atoms with Crippen LogP contribution >= 0.6 is 11.6 Å². The molecule has 0 amide bonds. The fourth-order valence-corrected chi connectivity index (χ4v) is 2.93. The van der Waals surface area contributed by atoms with Gasteiger partial charge in [0.25, 0.3) is 0 Å². The molecule has 1 aliphatic rings. The van der Waals surface area contributed by atoms with Gasteiger partial charge in [0.05, 0.1) is 12.1 Å². The van der Waals surface area contributed by atoms with Gasteiger partial charge in [-0.15, -0.1) is 0 Å².